The molecule has 1 heterocycles. The predicted molar refractivity (Wildman–Crippen MR) is 80.3 cm³/mol. The molecule has 1 aliphatic heterocycles. The van der Waals surface area contributed by atoms with Gasteiger partial charge in [0.15, 0.2) is 0 Å². The normalized spacial score (nSPS) is 16.4. The third-order valence-electron chi connectivity index (χ3n) is 3.94. The van der Waals surface area contributed by atoms with E-state index in [1.54, 1.807) is 0 Å². The van der Waals surface area contributed by atoms with Gasteiger partial charge in [-0.2, -0.15) is 0 Å². The summed E-state index contributed by atoms with van der Waals surface area (Å²) in [4.78, 5) is 14.1. The van der Waals surface area contributed by atoms with Crippen molar-refractivity contribution in [2.24, 2.45) is 0 Å². The fraction of sp³-hybridized carbons (Fsp3) is 0.278. The van der Waals surface area contributed by atoms with Crippen molar-refractivity contribution in [3.05, 3.63) is 71.8 Å². The number of amides is 1. The Bertz CT molecular complexity index is 564. The minimum absolute atomic E-state index is 0.161. The fourth-order valence-corrected chi connectivity index (χ4v) is 2.92. The molecule has 0 aromatic heterocycles. The van der Waals surface area contributed by atoms with Crippen molar-refractivity contribution in [2.45, 2.75) is 25.3 Å². The van der Waals surface area contributed by atoms with Gasteiger partial charge in [-0.1, -0.05) is 60.7 Å². The molecule has 1 saturated heterocycles. The fourth-order valence-electron chi connectivity index (χ4n) is 2.92. The van der Waals surface area contributed by atoms with Crippen LogP contribution in [0.3, 0.4) is 0 Å². The quantitative estimate of drug-likeness (QED) is 0.827. The Hall–Kier alpha value is -2.09. The first-order chi connectivity index (χ1) is 9.84. The number of likely N-dealkylation sites (tertiary alicyclic amines) is 1. The second-order valence-electron chi connectivity index (χ2n) is 5.31. The van der Waals surface area contributed by atoms with Gasteiger partial charge in [0.05, 0.1) is 6.04 Å². The van der Waals surface area contributed by atoms with E-state index in [1.807, 2.05) is 29.2 Å². The van der Waals surface area contributed by atoms with Crippen LogP contribution >= 0.6 is 0 Å². The first-order valence-corrected chi connectivity index (χ1v) is 7.23. The second-order valence-corrected chi connectivity index (χ2v) is 5.31. The molecule has 0 spiro atoms. The van der Waals surface area contributed by atoms with Gasteiger partial charge in [0, 0.05) is 13.0 Å². The highest BCUT2D eigenvalue weighted by Gasteiger charge is 2.28. The first-order valence-electron chi connectivity index (χ1n) is 7.23. The number of hydrogen-bond donors (Lipinski definition) is 0. The van der Waals surface area contributed by atoms with Crippen molar-refractivity contribution in [3.8, 4) is 0 Å². The average molecular weight is 265 g/mol. The average Bonchev–Trinajstić information content (AvgIpc) is 2.93. The predicted octanol–water partition coefficient (Wildman–Crippen LogP) is 3.59. The van der Waals surface area contributed by atoms with Crippen molar-refractivity contribution >= 4 is 5.91 Å². The molecule has 0 radical (unpaired) electrons. The lowest BCUT2D eigenvalue weighted by Gasteiger charge is -2.28. The first kappa shape index (κ1) is 12.9. The maximum Gasteiger partial charge on any atom is 0.223 e. The highest BCUT2D eigenvalue weighted by atomic mass is 16.2. The molecule has 1 fully saturated rings. The molecule has 102 valence electrons. The summed E-state index contributed by atoms with van der Waals surface area (Å²) in [5.41, 5.74) is 2.51. The Kier molecular flexibility index (Phi) is 3.82. The lowest BCUT2D eigenvalue weighted by atomic mass is 9.97. The molecular weight excluding hydrogens is 246 g/mol. The highest BCUT2D eigenvalue weighted by molar-refractivity contribution is 5.78. The number of carbonyl (C=O) groups excluding carboxylic acids is 1. The lowest BCUT2D eigenvalue weighted by Crippen LogP contribution is -2.31. The van der Waals surface area contributed by atoms with Gasteiger partial charge >= 0.3 is 0 Å². The van der Waals surface area contributed by atoms with Gasteiger partial charge < -0.3 is 4.90 Å². The molecule has 2 aromatic rings. The molecule has 20 heavy (non-hydrogen) atoms. The molecule has 2 nitrogen and oxygen atoms in total. The standard InChI is InChI=1S/C18H19NO/c20-18-12-7-13-19(18)17(16-10-5-2-6-11-16)14-15-8-3-1-4-9-15/h1-6,8-11,17H,7,12-14H2. The van der Waals surface area contributed by atoms with E-state index in [-0.39, 0.29) is 11.9 Å². The van der Waals surface area contributed by atoms with E-state index in [0.717, 1.165) is 19.4 Å². The van der Waals surface area contributed by atoms with Crippen molar-refractivity contribution in [1.29, 1.82) is 0 Å². The van der Waals surface area contributed by atoms with Crippen LogP contribution in [0.15, 0.2) is 60.7 Å². The van der Waals surface area contributed by atoms with E-state index in [1.165, 1.54) is 11.1 Å². The van der Waals surface area contributed by atoms with Gasteiger partial charge in [0.25, 0.3) is 0 Å². The molecule has 1 amide bonds. The topological polar surface area (TPSA) is 20.3 Å². The molecule has 1 unspecified atom stereocenters. The van der Waals surface area contributed by atoms with E-state index in [0.29, 0.717) is 6.42 Å². The van der Waals surface area contributed by atoms with Crippen LogP contribution in [0.1, 0.15) is 30.0 Å². The molecule has 2 aromatic carbocycles. The van der Waals surface area contributed by atoms with Crippen LogP contribution in [-0.4, -0.2) is 17.4 Å². The SMILES string of the molecule is O=C1CCCN1C(Cc1ccccc1)c1ccccc1. The van der Waals surface area contributed by atoms with E-state index >= 15 is 0 Å². The smallest absolute Gasteiger partial charge is 0.223 e. The summed E-state index contributed by atoms with van der Waals surface area (Å²) in [5.74, 6) is 0.287. The number of hydrogen-bond acceptors (Lipinski definition) is 1. The molecule has 0 bridgehead atoms. The number of rotatable bonds is 4. The highest BCUT2D eigenvalue weighted by Crippen LogP contribution is 2.29. The lowest BCUT2D eigenvalue weighted by molar-refractivity contribution is -0.129. The summed E-state index contributed by atoms with van der Waals surface area (Å²) < 4.78 is 0. The summed E-state index contributed by atoms with van der Waals surface area (Å²) in [6.07, 6.45) is 2.56. The summed E-state index contributed by atoms with van der Waals surface area (Å²) in [7, 11) is 0. The van der Waals surface area contributed by atoms with Gasteiger partial charge in [-0.05, 0) is 24.0 Å². The largest absolute Gasteiger partial charge is 0.335 e. The Morgan fingerprint density at radius 3 is 2.20 bits per heavy atom. The summed E-state index contributed by atoms with van der Waals surface area (Å²) in [5, 5.41) is 0. The number of carbonyl (C=O) groups is 1. The van der Waals surface area contributed by atoms with Crippen LogP contribution in [0.5, 0.6) is 0 Å². The van der Waals surface area contributed by atoms with Crippen LogP contribution in [0, 0.1) is 0 Å². The number of nitrogens with zero attached hydrogens (tertiary/aromatic N) is 1. The number of benzene rings is 2. The zero-order valence-electron chi connectivity index (χ0n) is 11.5. The monoisotopic (exact) mass is 265 g/mol. The van der Waals surface area contributed by atoms with Crippen LogP contribution in [-0.2, 0) is 11.2 Å². The second kappa shape index (κ2) is 5.91. The Morgan fingerprint density at radius 1 is 0.950 bits per heavy atom. The molecule has 1 atom stereocenters. The molecule has 3 rings (SSSR count). The van der Waals surface area contributed by atoms with Gasteiger partial charge in [0.2, 0.25) is 5.91 Å². The van der Waals surface area contributed by atoms with Gasteiger partial charge in [0.1, 0.15) is 0 Å². The van der Waals surface area contributed by atoms with Crippen LogP contribution in [0.25, 0.3) is 0 Å². The zero-order valence-corrected chi connectivity index (χ0v) is 11.5. The van der Waals surface area contributed by atoms with E-state index in [2.05, 4.69) is 36.4 Å². The summed E-state index contributed by atoms with van der Waals surface area (Å²) in [6.45, 7) is 0.880. The third kappa shape index (κ3) is 2.74. The maximum atomic E-state index is 12.1. The van der Waals surface area contributed by atoms with Crippen molar-refractivity contribution in [1.82, 2.24) is 4.90 Å². The van der Waals surface area contributed by atoms with E-state index in [9.17, 15) is 4.79 Å². The maximum absolute atomic E-state index is 12.1. The molecule has 0 N–H and O–H groups in total. The van der Waals surface area contributed by atoms with E-state index < -0.39 is 0 Å². The minimum atomic E-state index is 0.161. The summed E-state index contributed by atoms with van der Waals surface area (Å²) in [6, 6.07) is 20.9. The molecule has 1 aliphatic rings. The van der Waals surface area contributed by atoms with Gasteiger partial charge in [-0.25, -0.2) is 0 Å². The molecule has 0 aliphatic carbocycles. The van der Waals surface area contributed by atoms with Crippen molar-refractivity contribution in [3.63, 3.8) is 0 Å². The Morgan fingerprint density at radius 2 is 1.60 bits per heavy atom. The van der Waals surface area contributed by atoms with Gasteiger partial charge in [-0.3, -0.25) is 4.79 Å². The van der Waals surface area contributed by atoms with Crippen LogP contribution in [0.4, 0.5) is 0 Å². The van der Waals surface area contributed by atoms with Gasteiger partial charge in [-0.15, -0.1) is 0 Å². The van der Waals surface area contributed by atoms with Crippen LogP contribution in [0.2, 0.25) is 0 Å². The summed E-state index contributed by atoms with van der Waals surface area (Å²) >= 11 is 0. The van der Waals surface area contributed by atoms with E-state index in [4.69, 9.17) is 0 Å². The van der Waals surface area contributed by atoms with Crippen molar-refractivity contribution in [2.75, 3.05) is 6.54 Å². The minimum Gasteiger partial charge on any atom is -0.335 e. The zero-order chi connectivity index (χ0) is 13.8. The molecule has 0 saturated carbocycles. The molecule has 2 heteroatoms. The third-order valence-corrected chi connectivity index (χ3v) is 3.94. The van der Waals surface area contributed by atoms with Crippen LogP contribution < -0.4 is 0 Å². The molecular formula is C18H19NO. The Labute approximate surface area is 120 Å². The van der Waals surface area contributed by atoms with Crippen molar-refractivity contribution < 1.29 is 4.79 Å². The Balaban J connectivity index is 1.89.